The van der Waals surface area contributed by atoms with E-state index < -0.39 is 5.91 Å². The van der Waals surface area contributed by atoms with E-state index in [4.69, 9.17) is 0 Å². The van der Waals surface area contributed by atoms with Crippen molar-refractivity contribution in [3.8, 4) is 23.0 Å². The largest absolute Gasteiger partial charge is 0.493 e. The summed E-state index contributed by atoms with van der Waals surface area (Å²) < 4.78 is 1.60. The quantitative estimate of drug-likeness (QED) is 0.380. The van der Waals surface area contributed by atoms with Crippen molar-refractivity contribution in [2.75, 3.05) is 0 Å². The van der Waals surface area contributed by atoms with Crippen LogP contribution >= 0.6 is 0 Å². The van der Waals surface area contributed by atoms with E-state index in [2.05, 4.69) is 25.3 Å². The topological polar surface area (TPSA) is 109 Å². The molecule has 1 amide bonds. The summed E-state index contributed by atoms with van der Waals surface area (Å²) in [7, 11) is 0. The fourth-order valence-corrected chi connectivity index (χ4v) is 3.50. The molecule has 0 spiro atoms. The van der Waals surface area contributed by atoms with E-state index in [9.17, 15) is 9.90 Å². The number of aromatic hydroxyl groups is 1. The van der Waals surface area contributed by atoms with Gasteiger partial charge in [-0.25, -0.2) is 9.67 Å². The molecule has 0 aliphatic carbocycles. The number of benzene rings is 3. The predicted octanol–water partition coefficient (Wildman–Crippen LogP) is 5.35. The Kier molecular flexibility index (Phi) is 4.79. The molecule has 2 heterocycles. The van der Waals surface area contributed by atoms with Crippen molar-refractivity contribution in [1.29, 1.82) is 0 Å². The van der Waals surface area contributed by atoms with E-state index in [0.29, 0.717) is 11.2 Å². The standard InChI is InChI=1S/C24H18N6O2/c1-15-9-8-14-18-19(15)25-23(31)20(18)27-28-24(32)21-26-22(16-10-4-2-5-11-16)30(29-21)17-12-6-3-7-13-17/h2-14,25,31H,1H3. The Balaban J connectivity index is 1.54. The SMILES string of the molecule is Cc1cccc2c(N=NC(=O)c3nc(-c4ccccc4)n(-c4ccccc4)n3)c(O)[nH]c12. The molecule has 0 aliphatic heterocycles. The van der Waals surface area contributed by atoms with Crippen LogP contribution in [0.3, 0.4) is 0 Å². The van der Waals surface area contributed by atoms with Gasteiger partial charge in [-0.1, -0.05) is 66.7 Å². The first-order chi connectivity index (χ1) is 15.6. The molecule has 0 atom stereocenters. The van der Waals surface area contributed by atoms with Gasteiger partial charge in [-0.2, -0.15) is 0 Å². The Hall–Kier alpha value is -4.59. The molecule has 5 rings (SSSR count). The highest BCUT2D eigenvalue weighted by molar-refractivity contribution is 5.97. The minimum Gasteiger partial charge on any atom is -0.493 e. The second-order valence-electron chi connectivity index (χ2n) is 7.20. The van der Waals surface area contributed by atoms with Gasteiger partial charge in [0.1, 0.15) is 0 Å². The molecule has 8 heteroatoms. The Morgan fingerprint density at radius 1 is 0.969 bits per heavy atom. The highest BCUT2D eigenvalue weighted by Gasteiger charge is 2.19. The summed E-state index contributed by atoms with van der Waals surface area (Å²) in [6.45, 7) is 1.91. The summed E-state index contributed by atoms with van der Waals surface area (Å²) in [5.41, 5.74) is 3.46. The molecule has 0 fully saturated rings. The van der Waals surface area contributed by atoms with Crippen LogP contribution in [-0.2, 0) is 0 Å². The zero-order chi connectivity index (χ0) is 22.1. The van der Waals surface area contributed by atoms with E-state index in [-0.39, 0.29) is 17.4 Å². The normalized spacial score (nSPS) is 11.4. The Labute approximate surface area is 182 Å². The van der Waals surface area contributed by atoms with E-state index in [1.807, 2.05) is 79.7 Å². The molecular formula is C24H18N6O2. The first kappa shape index (κ1) is 19.4. The van der Waals surface area contributed by atoms with E-state index in [1.54, 1.807) is 10.7 Å². The van der Waals surface area contributed by atoms with Gasteiger partial charge in [-0.3, -0.25) is 4.79 Å². The van der Waals surface area contributed by atoms with Gasteiger partial charge in [0.25, 0.3) is 0 Å². The molecule has 0 radical (unpaired) electrons. The summed E-state index contributed by atoms with van der Waals surface area (Å²) >= 11 is 0. The van der Waals surface area contributed by atoms with Gasteiger partial charge in [-0.15, -0.1) is 15.3 Å². The number of aromatic nitrogens is 4. The van der Waals surface area contributed by atoms with Crippen molar-refractivity contribution >= 4 is 22.5 Å². The number of carbonyl (C=O) groups is 1. The molecule has 2 N–H and O–H groups in total. The lowest BCUT2D eigenvalue weighted by molar-refractivity contribution is 0.0985. The molecule has 5 aromatic rings. The third-order valence-electron chi connectivity index (χ3n) is 5.07. The van der Waals surface area contributed by atoms with Crippen LogP contribution in [0.2, 0.25) is 0 Å². The molecule has 0 bridgehead atoms. The number of carbonyl (C=O) groups excluding carboxylic acids is 1. The molecular weight excluding hydrogens is 404 g/mol. The maximum atomic E-state index is 12.8. The zero-order valence-corrected chi connectivity index (χ0v) is 17.1. The number of fused-ring (bicyclic) bond motifs is 1. The maximum absolute atomic E-state index is 12.8. The van der Waals surface area contributed by atoms with Crippen molar-refractivity contribution < 1.29 is 9.90 Å². The predicted molar refractivity (Wildman–Crippen MR) is 120 cm³/mol. The van der Waals surface area contributed by atoms with Crippen molar-refractivity contribution in [2.45, 2.75) is 6.92 Å². The first-order valence-electron chi connectivity index (χ1n) is 9.96. The number of rotatable bonds is 4. The number of nitrogens with zero attached hydrogens (tertiary/aromatic N) is 5. The summed E-state index contributed by atoms with van der Waals surface area (Å²) in [6, 6.07) is 24.5. The number of aromatic amines is 1. The van der Waals surface area contributed by atoms with Gasteiger partial charge in [0.2, 0.25) is 11.7 Å². The molecule has 0 aliphatic rings. The lowest BCUT2D eigenvalue weighted by Gasteiger charge is -2.05. The number of amides is 1. The number of para-hydroxylation sites is 2. The summed E-state index contributed by atoms with van der Waals surface area (Å²) in [4.78, 5) is 20.1. The Morgan fingerprint density at radius 3 is 2.44 bits per heavy atom. The van der Waals surface area contributed by atoms with E-state index in [0.717, 1.165) is 22.3 Å². The molecule has 0 unspecified atom stereocenters. The molecule has 2 aromatic heterocycles. The number of nitrogens with one attached hydrogen (secondary N) is 1. The van der Waals surface area contributed by atoms with Crippen LogP contribution < -0.4 is 0 Å². The molecule has 0 saturated heterocycles. The smallest absolute Gasteiger partial charge is 0.335 e. The van der Waals surface area contributed by atoms with Crippen LogP contribution in [0.4, 0.5) is 5.69 Å². The molecule has 156 valence electrons. The third kappa shape index (κ3) is 3.43. The minimum atomic E-state index is -0.710. The summed E-state index contributed by atoms with van der Waals surface area (Å²) in [5.74, 6) is -0.440. The van der Waals surface area contributed by atoms with Gasteiger partial charge < -0.3 is 10.1 Å². The van der Waals surface area contributed by atoms with Crippen molar-refractivity contribution in [3.05, 3.63) is 90.3 Å². The number of hydrogen-bond acceptors (Lipinski definition) is 5. The van der Waals surface area contributed by atoms with Crippen LogP contribution in [0.15, 0.2) is 89.1 Å². The molecule has 32 heavy (non-hydrogen) atoms. The number of aryl methyl sites for hydroxylation is 1. The Bertz CT molecular complexity index is 1400. The van der Waals surface area contributed by atoms with Crippen LogP contribution in [0.25, 0.3) is 28.0 Å². The van der Waals surface area contributed by atoms with E-state index >= 15 is 0 Å². The highest BCUT2D eigenvalue weighted by atomic mass is 16.3. The van der Waals surface area contributed by atoms with Crippen molar-refractivity contribution in [3.63, 3.8) is 0 Å². The van der Waals surface area contributed by atoms with Crippen LogP contribution in [0.5, 0.6) is 5.88 Å². The second kappa shape index (κ2) is 7.92. The lowest BCUT2D eigenvalue weighted by atomic mass is 10.1. The maximum Gasteiger partial charge on any atom is 0.335 e. The summed E-state index contributed by atoms with van der Waals surface area (Å²) in [5, 5.41) is 23.1. The van der Waals surface area contributed by atoms with Crippen molar-refractivity contribution in [1.82, 2.24) is 19.7 Å². The average Bonchev–Trinajstić information content (AvgIpc) is 3.41. The fraction of sp³-hybridized carbons (Fsp3) is 0.0417. The number of H-pyrrole nitrogens is 1. The average molecular weight is 422 g/mol. The number of hydrogen-bond donors (Lipinski definition) is 2. The highest BCUT2D eigenvalue weighted by Crippen LogP contribution is 2.36. The van der Waals surface area contributed by atoms with Crippen LogP contribution in [0.1, 0.15) is 16.2 Å². The van der Waals surface area contributed by atoms with Gasteiger partial charge in [0.05, 0.1) is 11.2 Å². The van der Waals surface area contributed by atoms with Crippen LogP contribution in [0, 0.1) is 6.92 Å². The monoisotopic (exact) mass is 422 g/mol. The van der Waals surface area contributed by atoms with Crippen LogP contribution in [-0.4, -0.2) is 30.8 Å². The first-order valence-corrected chi connectivity index (χ1v) is 9.96. The fourth-order valence-electron chi connectivity index (χ4n) is 3.50. The Morgan fingerprint density at radius 2 is 1.69 bits per heavy atom. The number of azo groups is 1. The minimum absolute atomic E-state index is 0.0908. The zero-order valence-electron chi connectivity index (χ0n) is 17.1. The van der Waals surface area contributed by atoms with Gasteiger partial charge >= 0.3 is 5.91 Å². The third-order valence-corrected chi connectivity index (χ3v) is 5.07. The molecule has 8 nitrogen and oxygen atoms in total. The van der Waals surface area contributed by atoms with E-state index in [1.165, 1.54) is 0 Å². The second-order valence-corrected chi connectivity index (χ2v) is 7.20. The molecule has 3 aromatic carbocycles. The van der Waals surface area contributed by atoms with Gasteiger partial charge in [-0.05, 0) is 24.6 Å². The lowest BCUT2D eigenvalue weighted by Crippen LogP contribution is -2.01. The van der Waals surface area contributed by atoms with Crippen molar-refractivity contribution in [2.24, 2.45) is 10.2 Å². The molecule has 0 saturated carbocycles. The van der Waals surface area contributed by atoms with Gasteiger partial charge in [0, 0.05) is 10.9 Å². The van der Waals surface area contributed by atoms with Gasteiger partial charge in [0.15, 0.2) is 11.5 Å². The summed E-state index contributed by atoms with van der Waals surface area (Å²) in [6.07, 6.45) is 0.